The Morgan fingerprint density at radius 1 is 1.13 bits per heavy atom. The minimum atomic E-state index is -3.90. The van der Waals surface area contributed by atoms with E-state index in [0.29, 0.717) is 19.4 Å². The summed E-state index contributed by atoms with van der Waals surface area (Å²) in [5.74, 6) is -0.341. The van der Waals surface area contributed by atoms with Gasteiger partial charge < -0.3 is 10.1 Å². The largest absolute Gasteiger partial charge is 0.491 e. The van der Waals surface area contributed by atoms with Crippen molar-refractivity contribution in [3.63, 3.8) is 0 Å². The average molecular weight is 435 g/mol. The van der Waals surface area contributed by atoms with Crippen molar-refractivity contribution in [2.45, 2.75) is 44.2 Å². The lowest BCUT2D eigenvalue weighted by molar-refractivity contribution is -0.126. The summed E-state index contributed by atoms with van der Waals surface area (Å²) in [5.41, 5.74) is 0.957. The molecule has 0 spiro atoms. The van der Waals surface area contributed by atoms with Crippen LogP contribution in [-0.2, 0) is 21.4 Å². The topological polar surface area (TPSA) is 75.7 Å². The van der Waals surface area contributed by atoms with Crippen molar-refractivity contribution in [3.8, 4) is 5.75 Å². The third kappa shape index (κ3) is 5.37. The van der Waals surface area contributed by atoms with Crippen molar-refractivity contribution >= 4 is 15.9 Å². The van der Waals surface area contributed by atoms with Crippen molar-refractivity contribution in [1.82, 2.24) is 9.62 Å². The predicted octanol–water partition coefficient (Wildman–Crippen LogP) is 3.33. The standard InChI is InChI=1S/C22H27FN2O4S/c1-16(2)29-19-9-7-17(8-10-19)15-24-22(26)18-11-13-25(14-12-18)30(27,28)21-6-4-3-5-20(21)23/h3-10,16,18H,11-15H2,1-2H3,(H,24,26). The molecule has 1 saturated heterocycles. The number of piperidine rings is 1. The SMILES string of the molecule is CC(C)Oc1ccc(CNC(=O)C2CCN(S(=O)(=O)c3ccccc3F)CC2)cc1. The number of carbonyl (C=O) groups excluding carboxylic acids is 1. The van der Waals surface area contributed by atoms with Crippen molar-refractivity contribution in [2.24, 2.45) is 5.92 Å². The van der Waals surface area contributed by atoms with Gasteiger partial charge in [0, 0.05) is 25.6 Å². The van der Waals surface area contributed by atoms with Gasteiger partial charge in [0.15, 0.2) is 0 Å². The zero-order valence-electron chi connectivity index (χ0n) is 17.2. The predicted molar refractivity (Wildman–Crippen MR) is 112 cm³/mol. The van der Waals surface area contributed by atoms with Gasteiger partial charge in [-0.2, -0.15) is 4.31 Å². The Hall–Kier alpha value is -2.45. The maximum absolute atomic E-state index is 13.9. The van der Waals surface area contributed by atoms with Gasteiger partial charge in [-0.05, 0) is 56.5 Å². The van der Waals surface area contributed by atoms with E-state index < -0.39 is 15.8 Å². The van der Waals surface area contributed by atoms with Crippen molar-refractivity contribution in [1.29, 1.82) is 0 Å². The fourth-order valence-corrected chi connectivity index (χ4v) is 4.98. The second-order valence-corrected chi connectivity index (χ2v) is 9.54. The average Bonchev–Trinajstić information content (AvgIpc) is 2.73. The Kier molecular flexibility index (Phi) is 7.10. The maximum atomic E-state index is 13.9. The third-order valence-electron chi connectivity index (χ3n) is 5.04. The molecule has 1 aliphatic heterocycles. The number of halogens is 1. The van der Waals surface area contributed by atoms with Crippen LogP contribution in [0.2, 0.25) is 0 Å². The Labute approximate surface area is 177 Å². The highest BCUT2D eigenvalue weighted by molar-refractivity contribution is 7.89. The Bertz CT molecular complexity index is 969. The molecule has 0 radical (unpaired) electrons. The summed E-state index contributed by atoms with van der Waals surface area (Å²) in [6, 6.07) is 12.9. The minimum Gasteiger partial charge on any atom is -0.491 e. The number of benzene rings is 2. The fourth-order valence-electron chi connectivity index (χ4n) is 3.44. The molecule has 162 valence electrons. The van der Waals surface area contributed by atoms with Gasteiger partial charge in [-0.15, -0.1) is 0 Å². The number of hydrogen-bond acceptors (Lipinski definition) is 4. The summed E-state index contributed by atoms with van der Waals surface area (Å²) in [7, 11) is -3.90. The number of rotatable bonds is 7. The van der Waals surface area contributed by atoms with Crippen LogP contribution < -0.4 is 10.1 Å². The van der Waals surface area contributed by atoms with Gasteiger partial charge in [0.05, 0.1) is 6.10 Å². The summed E-state index contributed by atoms with van der Waals surface area (Å²) in [5, 5.41) is 2.92. The molecule has 1 amide bonds. The van der Waals surface area contributed by atoms with Gasteiger partial charge in [-0.3, -0.25) is 4.79 Å². The molecule has 8 heteroatoms. The molecular formula is C22H27FN2O4S. The van der Waals surface area contributed by atoms with Crippen LogP contribution in [0.15, 0.2) is 53.4 Å². The van der Waals surface area contributed by atoms with Gasteiger partial charge in [0.25, 0.3) is 0 Å². The first-order valence-corrected chi connectivity index (χ1v) is 11.5. The summed E-state index contributed by atoms with van der Waals surface area (Å²) in [6.07, 6.45) is 0.907. The number of amides is 1. The van der Waals surface area contributed by atoms with Crippen LogP contribution in [0.4, 0.5) is 4.39 Å². The van der Waals surface area contributed by atoms with Crippen LogP contribution in [0.3, 0.4) is 0 Å². The molecule has 3 rings (SSSR count). The lowest BCUT2D eigenvalue weighted by Crippen LogP contribution is -2.43. The van der Waals surface area contributed by atoms with E-state index in [-0.39, 0.29) is 35.9 Å². The molecule has 0 atom stereocenters. The van der Waals surface area contributed by atoms with E-state index in [2.05, 4.69) is 5.32 Å². The molecule has 0 bridgehead atoms. The van der Waals surface area contributed by atoms with E-state index in [9.17, 15) is 17.6 Å². The first kappa shape index (κ1) is 22.2. The molecule has 6 nitrogen and oxygen atoms in total. The second-order valence-electron chi connectivity index (χ2n) is 7.64. The number of nitrogens with one attached hydrogen (secondary N) is 1. The number of hydrogen-bond donors (Lipinski definition) is 1. The monoisotopic (exact) mass is 434 g/mol. The van der Waals surface area contributed by atoms with Crippen LogP contribution in [0, 0.1) is 11.7 Å². The fraction of sp³-hybridized carbons (Fsp3) is 0.409. The van der Waals surface area contributed by atoms with Crippen LogP contribution in [0.5, 0.6) is 5.75 Å². The highest BCUT2D eigenvalue weighted by Crippen LogP contribution is 2.25. The van der Waals surface area contributed by atoms with E-state index in [1.54, 1.807) is 0 Å². The zero-order valence-corrected chi connectivity index (χ0v) is 18.0. The van der Waals surface area contributed by atoms with Crippen molar-refractivity contribution < 1.29 is 22.3 Å². The minimum absolute atomic E-state index is 0.0968. The summed E-state index contributed by atoms with van der Waals surface area (Å²) in [6.45, 7) is 4.70. The molecule has 1 aliphatic rings. The Morgan fingerprint density at radius 2 is 1.77 bits per heavy atom. The van der Waals surface area contributed by atoms with Gasteiger partial charge in [0.1, 0.15) is 16.5 Å². The zero-order chi connectivity index (χ0) is 21.7. The molecule has 0 aliphatic carbocycles. The van der Waals surface area contributed by atoms with E-state index in [4.69, 9.17) is 4.74 Å². The van der Waals surface area contributed by atoms with E-state index in [0.717, 1.165) is 17.4 Å². The van der Waals surface area contributed by atoms with E-state index in [1.807, 2.05) is 38.1 Å². The first-order valence-electron chi connectivity index (χ1n) is 10.1. The second kappa shape index (κ2) is 9.57. The van der Waals surface area contributed by atoms with Crippen LogP contribution in [-0.4, -0.2) is 37.8 Å². The molecule has 2 aromatic rings. The van der Waals surface area contributed by atoms with E-state index >= 15 is 0 Å². The molecular weight excluding hydrogens is 407 g/mol. The molecule has 2 aromatic carbocycles. The molecule has 1 N–H and O–H groups in total. The van der Waals surface area contributed by atoms with Crippen molar-refractivity contribution in [3.05, 3.63) is 59.9 Å². The molecule has 0 aromatic heterocycles. The summed E-state index contributed by atoms with van der Waals surface area (Å²) >= 11 is 0. The maximum Gasteiger partial charge on any atom is 0.245 e. The van der Waals surface area contributed by atoms with Crippen molar-refractivity contribution in [2.75, 3.05) is 13.1 Å². The van der Waals surface area contributed by atoms with Crippen LogP contribution in [0.1, 0.15) is 32.3 Å². The molecule has 1 heterocycles. The summed E-state index contributed by atoms with van der Waals surface area (Å²) in [4.78, 5) is 12.2. The van der Waals surface area contributed by atoms with Gasteiger partial charge in [-0.25, -0.2) is 12.8 Å². The van der Waals surface area contributed by atoms with Crippen LogP contribution >= 0.6 is 0 Å². The molecule has 0 saturated carbocycles. The van der Waals surface area contributed by atoms with Gasteiger partial charge in [-0.1, -0.05) is 24.3 Å². The highest BCUT2D eigenvalue weighted by atomic mass is 32.2. The number of nitrogens with zero attached hydrogens (tertiary/aromatic N) is 1. The third-order valence-corrected chi connectivity index (χ3v) is 6.97. The Balaban J connectivity index is 1.51. The molecule has 0 unspecified atom stereocenters. The van der Waals surface area contributed by atoms with Gasteiger partial charge in [0.2, 0.25) is 15.9 Å². The lowest BCUT2D eigenvalue weighted by atomic mass is 9.97. The number of ether oxygens (including phenoxy) is 1. The molecule has 30 heavy (non-hydrogen) atoms. The summed E-state index contributed by atoms with van der Waals surface area (Å²) < 4.78 is 46.1. The van der Waals surface area contributed by atoms with E-state index in [1.165, 1.54) is 22.5 Å². The number of sulfonamides is 1. The van der Waals surface area contributed by atoms with Crippen LogP contribution in [0.25, 0.3) is 0 Å². The normalized spacial score (nSPS) is 15.9. The lowest BCUT2D eigenvalue weighted by Gasteiger charge is -2.30. The Morgan fingerprint density at radius 3 is 2.37 bits per heavy atom. The quantitative estimate of drug-likeness (QED) is 0.725. The van der Waals surface area contributed by atoms with Gasteiger partial charge >= 0.3 is 0 Å². The molecule has 1 fully saturated rings. The highest BCUT2D eigenvalue weighted by Gasteiger charge is 2.33. The number of carbonyl (C=O) groups is 1. The smallest absolute Gasteiger partial charge is 0.245 e. The first-order chi connectivity index (χ1) is 14.3.